The molecule has 4 N–H and O–H groups in total. The summed E-state index contributed by atoms with van der Waals surface area (Å²) in [5, 5.41) is 25.5. The largest absolute Gasteiger partial charge is 0.394 e. The third kappa shape index (κ3) is 4.36. The van der Waals surface area contributed by atoms with Crippen LogP contribution in [-0.4, -0.2) is 60.4 Å². The molecule has 0 amide bonds. The zero-order valence-electron chi connectivity index (χ0n) is 10.4. The Morgan fingerprint density at radius 1 is 1.32 bits per heavy atom. The van der Waals surface area contributed by atoms with E-state index in [9.17, 15) is 4.79 Å². The van der Waals surface area contributed by atoms with Crippen LogP contribution in [0.3, 0.4) is 0 Å². The molecule has 2 aromatic rings. The summed E-state index contributed by atoms with van der Waals surface area (Å²) in [7, 11) is 0. The molecule has 2 aromatic heterocycles. The summed E-state index contributed by atoms with van der Waals surface area (Å²) in [6, 6.07) is 0. The second kappa shape index (κ2) is 7.52. The van der Waals surface area contributed by atoms with Crippen LogP contribution in [0.25, 0.3) is 11.2 Å². The first-order chi connectivity index (χ1) is 9.10. The van der Waals surface area contributed by atoms with Gasteiger partial charge < -0.3 is 25.1 Å². The summed E-state index contributed by atoms with van der Waals surface area (Å²) in [6.45, 7) is 1.40. The SMILES string of the molecule is Cc1ncnc2nc[nH]c12.O=CC[C@H](O)[C@H](O)CO. The average Bonchev–Trinajstić information content (AvgIpc) is 2.88. The Morgan fingerprint density at radius 3 is 2.63 bits per heavy atom. The number of carbonyl (C=O) groups is 1. The molecule has 2 rings (SSSR count). The molecule has 2 heterocycles. The molecule has 104 valence electrons. The molecule has 0 aromatic carbocycles. The number of imidazole rings is 1. The number of nitrogens with one attached hydrogen (secondary N) is 1. The fourth-order valence-electron chi connectivity index (χ4n) is 1.26. The fourth-order valence-corrected chi connectivity index (χ4v) is 1.26. The third-order valence-electron chi connectivity index (χ3n) is 2.38. The van der Waals surface area contributed by atoms with E-state index in [2.05, 4.69) is 19.9 Å². The van der Waals surface area contributed by atoms with E-state index in [4.69, 9.17) is 15.3 Å². The number of hydrogen-bond donors (Lipinski definition) is 4. The lowest BCUT2D eigenvalue weighted by molar-refractivity contribution is -0.111. The van der Waals surface area contributed by atoms with Gasteiger partial charge in [0.1, 0.15) is 24.2 Å². The van der Waals surface area contributed by atoms with E-state index in [1.54, 1.807) is 6.33 Å². The topological polar surface area (TPSA) is 132 Å². The van der Waals surface area contributed by atoms with Crippen LogP contribution in [-0.2, 0) is 4.79 Å². The van der Waals surface area contributed by atoms with E-state index in [-0.39, 0.29) is 6.42 Å². The number of aromatic amines is 1. The van der Waals surface area contributed by atoms with Gasteiger partial charge in [0, 0.05) is 6.42 Å². The quantitative estimate of drug-likeness (QED) is 0.520. The van der Waals surface area contributed by atoms with Crippen molar-refractivity contribution in [2.75, 3.05) is 6.61 Å². The number of aliphatic hydroxyl groups excluding tert-OH is 3. The van der Waals surface area contributed by atoms with Gasteiger partial charge in [0.25, 0.3) is 0 Å². The highest BCUT2D eigenvalue weighted by molar-refractivity contribution is 5.71. The minimum absolute atomic E-state index is 0.137. The smallest absolute Gasteiger partial charge is 0.180 e. The minimum Gasteiger partial charge on any atom is -0.394 e. The van der Waals surface area contributed by atoms with Gasteiger partial charge in [0.05, 0.1) is 24.7 Å². The molecule has 0 aliphatic rings. The highest BCUT2D eigenvalue weighted by Crippen LogP contribution is 2.06. The predicted molar refractivity (Wildman–Crippen MR) is 66.2 cm³/mol. The van der Waals surface area contributed by atoms with Crippen molar-refractivity contribution in [1.82, 2.24) is 19.9 Å². The van der Waals surface area contributed by atoms with Crippen molar-refractivity contribution in [3.63, 3.8) is 0 Å². The van der Waals surface area contributed by atoms with Gasteiger partial charge in [-0.05, 0) is 6.92 Å². The second-order valence-corrected chi connectivity index (χ2v) is 3.78. The normalized spacial score (nSPS) is 13.5. The van der Waals surface area contributed by atoms with Crippen LogP contribution in [0.4, 0.5) is 0 Å². The molecule has 0 saturated heterocycles. The number of aliphatic hydroxyl groups is 3. The van der Waals surface area contributed by atoms with E-state index in [0.717, 1.165) is 16.9 Å². The van der Waals surface area contributed by atoms with Crippen molar-refractivity contribution in [1.29, 1.82) is 0 Å². The first-order valence-electron chi connectivity index (χ1n) is 5.61. The van der Waals surface area contributed by atoms with Crippen LogP contribution in [0.15, 0.2) is 12.7 Å². The number of hydrogen-bond acceptors (Lipinski definition) is 7. The molecule has 19 heavy (non-hydrogen) atoms. The molecule has 0 aliphatic heterocycles. The van der Waals surface area contributed by atoms with Gasteiger partial charge in [-0.1, -0.05) is 0 Å². The maximum Gasteiger partial charge on any atom is 0.180 e. The molecule has 0 unspecified atom stereocenters. The van der Waals surface area contributed by atoms with E-state index in [1.807, 2.05) is 6.92 Å². The highest BCUT2D eigenvalue weighted by atomic mass is 16.4. The summed E-state index contributed by atoms with van der Waals surface area (Å²) in [5.41, 5.74) is 2.58. The Labute approximate surface area is 109 Å². The van der Waals surface area contributed by atoms with Crippen molar-refractivity contribution in [3.05, 3.63) is 18.3 Å². The van der Waals surface area contributed by atoms with Gasteiger partial charge in [0.2, 0.25) is 0 Å². The maximum atomic E-state index is 9.68. The van der Waals surface area contributed by atoms with Crippen LogP contribution in [0.5, 0.6) is 0 Å². The Hall–Kier alpha value is -1.90. The zero-order valence-corrected chi connectivity index (χ0v) is 10.4. The lowest BCUT2D eigenvalue weighted by atomic mass is 10.2. The first kappa shape index (κ1) is 15.2. The van der Waals surface area contributed by atoms with Crippen molar-refractivity contribution >= 4 is 17.5 Å². The average molecular weight is 268 g/mol. The van der Waals surface area contributed by atoms with E-state index in [0.29, 0.717) is 6.29 Å². The Morgan fingerprint density at radius 2 is 2.05 bits per heavy atom. The number of fused-ring (bicyclic) bond motifs is 1. The van der Waals surface area contributed by atoms with E-state index in [1.165, 1.54) is 6.33 Å². The summed E-state index contributed by atoms with van der Waals surface area (Å²) < 4.78 is 0. The molecule has 0 aliphatic carbocycles. The van der Waals surface area contributed by atoms with Gasteiger partial charge in [-0.25, -0.2) is 15.0 Å². The number of aryl methyl sites for hydroxylation is 1. The van der Waals surface area contributed by atoms with Crippen LogP contribution in [0.1, 0.15) is 12.1 Å². The van der Waals surface area contributed by atoms with Crippen LogP contribution in [0, 0.1) is 6.92 Å². The molecule has 0 radical (unpaired) electrons. The summed E-state index contributed by atoms with van der Waals surface area (Å²) in [5.74, 6) is 0. The van der Waals surface area contributed by atoms with Gasteiger partial charge in [-0.2, -0.15) is 0 Å². The molecular formula is C11H16N4O4. The molecule has 8 heteroatoms. The van der Waals surface area contributed by atoms with Crippen molar-refractivity contribution in [3.8, 4) is 0 Å². The maximum absolute atomic E-state index is 9.68. The molecule has 2 atom stereocenters. The Kier molecular flexibility index (Phi) is 6.00. The van der Waals surface area contributed by atoms with Crippen molar-refractivity contribution < 1.29 is 20.1 Å². The third-order valence-corrected chi connectivity index (χ3v) is 2.38. The fraction of sp³-hybridized carbons (Fsp3) is 0.455. The van der Waals surface area contributed by atoms with Crippen LogP contribution >= 0.6 is 0 Å². The zero-order chi connectivity index (χ0) is 14.3. The Balaban J connectivity index is 0.000000192. The van der Waals surface area contributed by atoms with Crippen molar-refractivity contribution in [2.24, 2.45) is 0 Å². The monoisotopic (exact) mass is 268 g/mol. The van der Waals surface area contributed by atoms with Gasteiger partial charge in [-0.3, -0.25) is 0 Å². The predicted octanol–water partition coefficient (Wildman–Crippen LogP) is -1.05. The number of nitrogens with zero attached hydrogens (tertiary/aromatic N) is 3. The number of carbonyl (C=O) groups excluding carboxylic acids is 1. The Bertz CT molecular complexity index is 516. The van der Waals surface area contributed by atoms with Crippen LogP contribution < -0.4 is 0 Å². The molecule has 8 nitrogen and oxygen atoms in total. The molecule has 0 bridgehead atoms. The summed E-state index contributed by atoms with van der Waals surface area (Å²) in [4.78, 5) is 24.6. The first-order valence-corrected chi connectivity index (χ1v) is 5.61. The minimum atomic E-state index is -1.20. The highest BCUT2D eigenvalue weighted by Gasteiger charge is 2.13. The standard InChI is InChI=1S/C6H6N4.C5H10O4/c1-4-5-6(9-2-7-4)10-3-8-5;6-2-1-4(8)5(9)3-7/h2-3H,1H3,(H,7,8,9,10);2,4-5,7-9H,1,3H2/t;4-,5+/m.0/s1. The van der Waals surface area contributed by atoms with Gasteiger partial charge in [0.15, 0.2) is 5.65 Å². The second-order valence-electron chi connectivity index (χ2n) is 3.78. The van der Waals surface area contributed by atoms with Gasteiger partial charge >= 0.3 is 0 Å². The van der Waals surface area contributed by atoms with E-state index >= 15 is 0 Å². The number of aldehydes is 1. The van der Waals surface area contributed by atoms with Crippen LogP contribution in [0.2, 0.25) is 0 Å². The molecule has 0 spiro atoms. The molecular weight excluding hydrogens is 252 g/mol. The van der Waals surface area contributed by atoms with E-state index < -0.39 is 18.8 Å². The lowest BCUT2D eigenvalue weighted by Gasteiger charge is -2.11. The number of H-pyrrole nitrogens is 1. The van der Waals surface area contributed by atoms with Gasteiger partial charge in [-0.15, -0.1) is 0 Å². The summed E-state index contributed by atoms with van der Waals surface area (Å²) >= 11 is 0. The molecule has 0 fully saturated rings. The molecule has 0 saturated carbocycles. The van der Waals surface area contributed by atoms with Crippen molar-refractivity contribution in [2.45, 2.75) is 25.6 Å². The lowest BCUT2D eigenvalue weighted by Crippen LogP contribution is -2.29. The summed E-state index contributed by atoms with van der Waals surface area (Å²) in [6.07, 6.45) is 1.15. The number of rotatable bonds is 4. The number of aromatic nitrogens is 4.